The van der Waals surface area contributed by atoms with Gasteiger partial charge in [0.05, 0.1) is 18.0 Å². The van der Waals surface area contributed by atoms with Gasteiger partial charge in [-0.3, -0.25) is 9.36 Å². The van der Waals surface area contributed by atoms with E-state index in [1.165, 1.54) is 15.9 Å². The molecule has 0 unspecified atom stereocenters. The maximum atomic E-state index is 12.7. The molecule has 0 atom stereocenters. The van der Waals surface area contributed by atoms with Gasteiger partial charge in [-0.25, -0.2) is 15.0 Å². The Kier molecular flexibility index (Phi) is 3.28. The van der Waals surface area contributed by atoms with Crippen LogP contribution in [0.15, 0.2) is 40.1 Å². The highest BCUT2D eigenvalue weighted by Crippen LogP contribution is 2.28. The molecule has 0 N–H and O–H groups in total. The largest absolute Gasteiger partial charge is 0.443 e. The van der Waals surface area contributed by atoms with Crippen LogP contribution >= 0.6 is 11.3 Å². The molecule has 4 rings (SSSR count). The standard InChI is InChI=1S/C17H16N4O2S/c1-17(2,3)11-7-19-12(23-11)8-21-9-20-13-10-5-4-6-18-15(10)24-14(13)16(21)22/h4-7,9H,8H2,1-3H3. The maximum Gasteiger partial charge on any atom is 0.271 e. The number of hydrogen-bond acceptors (Lipinski definition) is 6. The van der Waals surface area contributed by atoms with Crippen LogP contribution in [-0.4, -0.2) is 19.5 Å². The van der Waals surface area contributed by atoms with Gasteiger partial charge in [0.2, 0.25) is 5.89 Å². The topological polar surface area (TPSA) is 73.8 Å². The number of rotatable bonds is 2. The lowest BCUT2D eigenvalue weighted by Crippen LogP contribution is -2.20. The molecule has 0 aliphatic heterocycles. The van der Waals surface area contributed by atoms with Crippen LogP contribution in [0.5, 0.6) is 0 Å². The van der Waals surface area contributed by atoms with Crippen LogP contribution in [0.4, 0.5) is 0 Å². The van der Waals surface area contributed by atoms with E-state index in [1.807, 2.05) is 12.1 Å². The van der Waals surface area contributed by atoms with E-state index in [-0.39, 0.29) is 17.5 Å². The first kappa shape index (κ1) is 15.0. The molecule has 0 aromatic carbocycles. The zero-order chi connectivity index (χ0) is 16.9. The minimum atomic E-state index is -0.116. The summed E-state index contributed by atoms with van der Waals surface area (Å²) in [7, 11) is 0. The van der Waals surface area contributed by atoms with Crippen molar-refractivity contribution in [2.24, 2.45) is 0 Å². The van der Waals surface area contributed by atoms with Crippen LogP contribution in [0, 0.1) is 0 Å². The molecule has 0 saturated heterocycles. The van der Waals surface area contributed by atoms with Crippen LogP contribution < -0.4 is 5.56 Å². The van der Waals surface area contributed by atoms with E-state index < -0.39 is 0 Å². The fourth-order valence-corrected chi connectivity index (χ4v) is 3.54. The van der Waals surface area contributed by atoms with Crippen molar-refractivity contribution in [3.63, 3.8) is 0 Å². The van der Waals surface area contributed by atoms with Gasteiger partial charge < -0.3 is 4.42 Å². The van der Waals surface area contributed by atoms with Gasteiger partial charge in [-0.15, -0.1) is 11.3 Å². The molecule has 6 nitrogen and oxygen atoms in total. The number of nitrogens with zero attached hydrogens (tertiary/aromatic N) is 4. The van der Waals surface area contributed by atoms with E-state index in [4.69, 9.17) is 4.42 Å². The van der Waals surface area contributed by atoms with E-state index in [9.17, 15) is 4.79 Å². The van der Waals surface area contributed by atoms with Crippen molar-refractivity contribution in [3.8, 4) is 0 Å². The molecule has 0 spiro atoms. The van der Waals surface area contributed by atoms with Crippen LogP contribution in [0.3, 0.4) is 0 Å². The highest BCUT2D eigenvalue weighted by atomic mass is 32.1. The van der Waals surface area contributed by atoms with Crippen molar-refractivity contribution in [1.29, 1.82) is 0 Å². The summed E-state index contributed by atoms with van der Waals surface area (Å²) in [6.07, 6.45) is 4.98. The fourth-order valence-electron chi connectivity index (χ4n) is 2.49. The Morgan fingerprint density at radius 2 is 2.08 bits per heavy atom. The molecule has 0 aliphatic rings. The highest BCUT2D eigenvalue weighted by molar-refractivity contribution is 7.25. The van der Waals surface area contributed by atoms with Gasteiger partial charge in [-0.05, 0) is 12.1 Å². The Hall–Kier alpha value is -2.54. The van der Waals surface area contributed by atoms with E-state index >= 15 is 0 Å². The average Bonchev–Trinajstić information content (AvgIpc) is 3.15. The molecule has 24 heavy (non-hydrogen) atoms. The molecule has 0 bridgehead atoms. The van der Waals surface area contributed by atoms with Crippen molar-refractivity contribution in [3.05, 3.63) is 52.9 Å². The minimum absolute atomic E-state index is 0.0986. The number of thiophene rings is 1. The summed E-state index contributed by atoms with van der Waals surface area (Å²) in [6.45, 7) is 6.43. The van der Waals surface area contributed by atoms with E-state index in [2.05, 4.69) is 35.7 Å². The molecule has 0 amide bonds. The molecular formula is C17H16N4O2S. The zero-order valence-corrected chi connectivity index (χ0v) is 14.4. The monoisotopic (exact) mass is 340 g/mol. The first-order valence-corrected chi connectivity index (χ1v) is 8.43. The molecule has 0 aliphatic carbocycles. The Bertz CT molecular complexity index is 1100. The lowest BCUT2D eigenvalue weighted by Gasteiger charge is -2.13. The van der Waals surface area contributed by atoms with Crippen LogP contribution in [0.25, 0.3) is 20.4 Å². The molecule has 4 aromatic rings. The first-order valence-electron chi connectivity index (χ1n) is 7.61. The molecule has 0 radical (unpaired) electrons. The molecular weight excluding hydrogens is 324 g/mol. The SMILES string of the molecule is CC(C)(C)c1cnc(Cn2cnc3c(sc4ncccc43)c2=O)o1. The molecule has 122 valence electrons. The van der Waals surface area contributed by atoms with Crippen LogP contribution in [-0.2, 0) is 12.0 Å². The summed E-state index contributed by atoms with van der Waals surface area (Å²) < 4.78 is 7.90. The highest BCUT2D eigenvalue weighted by Gasteiger charge is 2.20. The normalized spacial score (nSPS) is 12.3. The average molecular weight is 340 g/mol. The van der Waals surface area contributed by atoms with Gasteiger partial charge >= 0.3 is 0 Å². The van der Waals surface area contributed by atoms with Gasteiger partial charge in [0, 0.05) is 17.0 Å². The molecule has 0 saturated carbocycles. The van der Waals surface area contributed by atoms with Crippen molar-refractivity contribution in [1.82, 2.24) is 19.5 Å². The Balaban J connectivity index is 1.77. The number of fused-ring (bicyclic) bond motifs is 3. The molecule has 4 heterocycles. The summed E-state index contributed by atoms with van der Waals surface area (Å²) in [4.78, 5) is 26.6. The van der Waals surface area contributed by atoms with Crippen molar-refractivity contribution in [2.45, 2.75) is 32.7 Å². The third-order valence-electron chi connectivity index (χ3n) is 3.82. The number of pyridine rings is 1. The maximum absolute atomic E-state index is 12.7. The lowest BCUT2D eigenvalue weighted by molar-refractivity contribution is 0.375. The number of oxazole rings is 1. The second-order valence-electron chi connectivity index (χ2n) is 6.68. The fraction of sp³-hybridized carbons (Fsp3) is 0.294. The third-order valence-corrected chi connectivity index (χ3v) is 4.91. The number of hydrogen-bond donors (Lipinski definition) is 0. The van der Waals surface area contributed by atoms with Crippen molar-refractivity contribution in [2.75, 3.05) is 0 Å². The molecule has 4 aromatic heterocycles. The second-order valence-corrected chi connectivity index (χ2v) is 7.68. The summed E-state index contributed by atoms with van der Waals surface area (Å²) >= 11 is 1.36. The van der Waals surface area contributed by atoms with Crippen molar-refractivity contribution >= 4 is 31.8 Å². The quantitative estimate of drug-likeness (QED) is 0.559. The summed E-state index contributed by atoms with van der Waals surface area (Å²) in [5.41, 5.74) is 0.487. The summed E-state index contributed by atoms with van der Waals surface area (Å²) in [5.74, 6) is 1.30. The van der Waals surface area contributed by atoms with Gasteiger partial charge in [0.15, 0.2) is 0 Å². The summed E-state index contributed by atoms with van der Waals surface area (Å²) in [6, 6.07) is 3.78. The van der Waals surface area contributed by atoms with Gasteiger partial charge in [0.1, 0.15) is 21.8 Å². The summed E-state index contributed by atoms with van der Waals surface area (Å²) in [5, 5.41) is 0.910. The Morgan fingerprint density at radius 3 is 2.83 bits per heavy atom. The van der Waals surface area contributed by atoms with E-state index in [1.54, 1.807) is 18.7 Å². The Morgan fingerprint density at radius 1 is 1.25 bits per heavy atom. The third kappa shape index (κ3) is 2.41. The predicted octanol–water partition coefficient (Wildman–Crippen LogP) is 3.34. The van der Waals surface area contributed by atoms with Crippen LogP contribution in [0.1, 0.15) is 32.4 Å². The van der Waals surface area contributed by atoms with Crippen molar-refractivity contribution < 1.29 is 4.42 Å². The first-order chi connectivity index (χ1) is 11.4. The van der Waals surface area contributed by atoms with Gasteiger partial charge in [-0.2, -0.15) is 0 Å². The van der Waals surface area contributed by atoms with E-state index in [0.717, 1.165) is 16.0 Å². The smallest absolute Gasteiger partial charge is 0.271 e. The molecule has 0 fully saturated rings. The zero-order valence-electron chi connectivity index (χ0n) is 13.6. The van der Waals surface area contributed by atoms with E-state index in [0.29, 0.717) is 16.1 Å². The van der Waals surface area contributed by atoms with Gasteiger partial charge in [0.25, 0.3) is 5.56 Å². The van der Waals surface area contributed by atoms with Crippen LogP contribution in [0.2, 0.25) is 0 Å². The number of aromatic nitrogens is 4. The Labute approximate surface area is 141 Å². The molecule has 7 heteroatoms. The lowest BCUT2D eigenvalue weighted by atomic mass is 9.94. The minimum Gasteiger partial charge on any atom is -0.443 e. The van der Waals surface area contributed by atoms with Gasteiger partial charge in [-0.1, -0.05) is 20.8 Å². The second kappa shape index (κ2) is 5.24. The predicted molar refractivity (Wildman–Crippen MR) is 93.5 cm³/mol.